The van der Waals surface area contributed by atoms with Gasteiger partial charge >= 0.3 is 0 Å². The molecule has 1 aliphatic rings. The summed E-state index contributed by atoms with van der Waals surface area (Å²) in [6, 6.07) is 6.10. The standard InChI is InChI=1S/C22H30N4O4S2/c1-6-25(7-2)32(29,30)19-10-8-18(9-11-19)26-13-17(12-20(26)27)22(28)24-15(4)21-14(3)23-16(5)31-21/h8-11,15,17H,6-7,12-13H2,1-5H3,(H,24,28). The molecule has 2 heterocycles. The van der Waals surface area contributed by atoms with Gasteiger partial charge < -0.3 is 10.2 Å². The number of aromatic nitrogens is 1. The molecule has 0 radical (unpaired) electrons. The van der Waals surface area contributed by atoms with Crippen molar-refractivity contribution in [1.29, 1.82) is 0 Å². The molecule has 3 rings (SSSR count). The molecule has 2 atom stereocenters. The Kier molecular flexibility index (Phi) is 7.36. The molecule has 8 nitrogen and oxygen atoms in total. The Bertz CT molecular complexity index is 1090. The van der Waals surface area contributed by atoms with Crippen LogP contribution in [0, 0.1) is 19.8 Å². The molecule has 1 aromatic heterocycles. The maximum atomic E-state index is 12.8. The van der Waals surface area contributed by atoms with Crippen LogP contribution in [0.25, 0.3) is 0 Å². The summed E-state index contributed by atoms with van der Waals surface area (Å²) in [6.07, 6.45) is 0.124. The number of nitrogens with zero attached hydrogens (tertiary/aromatic N) is 3. The lowest BCUT2D eigenvalue weighted by molar-refractivity contribution is -0.126. The van der Waals surface area contributed by atoms with E-state index in [2.05, 4.69) is 10.3 Å². The minimum atomic E-state index is -3.56. The molecule has 174 valence electrons. The lowest BCUT2D eigenvalue weighted by Crippen LogP contribution is -2.34. The van der Waals surface area contributed by atoms with Gasteiger partial charge in [0.2, 0.25) is 21.8 Å². The number of carbonyl (C=O) groups excluding carboxylic acids is 2. The summed E-state index contributed by atoms with van der Waals surface area (Å²) in [5, 5.41) is 3.96. The summed E-state index contributed by atoms with van der Waals surface area (Å²) in [6.45, 7) is 10.4. The van der Waals surface area contributed by atoms with Crippen LogP contribution in [-0.2, 0) is 19.6 Å². The molecule has 0 saturated carbocycles. The predicted molar refractivity (Wildman–Crippen MR) is 125 cm³/mol. The van der Waals surface area contributed by atoms with E-state index in [1.54, 1.807) is 42.2 Å². The van der Waals surface area contributed by atoms with Crippen LogP contribution in [0.5, 0.6) is 0 Å². The highest BCUT2D eigenvalue weighted by Gasteiger charge is 2.36. The monoisotopic (exact) mass is 478 g/mol. The Balaban J connectivity index is 1.69. The fourth-order valence-corrected chi connectivity index (χ4v) is 6.38. The highest BCUT2D eigenvalue weighted by Crippen LogP contribution is 2.29. The molecule has 32 heavy (non-hydrogen) atoms. The molecule has 0 spiro atoms. The first-order valence-corrected chi connectivity index (χ1v) is 13.0. The lowest BCUT2D eigenvalue weighted by Gasteiger charge is -2.20. The summed E-state index contributed by atoms with van der Waals surface area (Å²) in [5.41, 5.74) is 1.50. The van der Waals surface area contributed by atoms with Gasteiger partial charge in [0.15, 0.2) is 0 Å². The average molecular weight is 479 g/mol. The van der Waals surface area contributed by atoms with Crippen molar-refractivity contribution in [3.8, 4) is 0 Å². The van der Waals surface area contributed by atoms with Gasteiger partial charge in [-0.15, -0.1) is 11.3 Å². The Labute approximate surface area is 193 Å². The topological polar surface area (TPSA) is 99.7 Å². The molecule has 1 N–H and O–H groups in total. The zero-order chi connectivity index (χ0) is 23.6. The van der Waals surface area contributed by atoms with Gasteiger partial charge in [0, 0.05) is 36.6 Å². The fourth-order valence-electron chi connectivity index (χ4n) is 3.99. The summed E-state index contributed by atoms with van der Waals surface area (Å²) >= 11 is 1.56. The molecule has 1 fully saturated rings. The van der Waals surface area contributed by atoms with E-state index < -0.39 is 15.9 Å². The highest BCUT2D eigenvalue weighted by molar-refractivity contribution is 7.89. The van der Waals surface area contributed by atoms with Gasteiger partial charge in [-0.3, -0.25) is 9.59 Å². The van der Waals surface area contributed by atoms with Crippen LogP contribution in [0.15, 0.2) is 29.2 Å². The number of benzene rings is 1. The van der Waals surface area contributed by atoms with Crippen LogP contribution < -0.4 is 10.2 Å². The number of sulfonamides is 1. The van der Waals surface area contributed by atoms with E-state index >= 15 is 0 Å². The van der Waals surface area contributed by atoms with Crippen molar-refractivity contribution in [2.45, 2.75) is 52.0 Å². The summed E-state index contributed by atoms with van der Waals surface area (Å²) in [7, 11) is -3.56. The maximum Gasteiger partial charge on any atom is 0.243 e. The van der Waals surface area contributed by atoms with Crippen molar-refractivity contribution in [2.75, 3.05) is 24.5 Å². The van der Waals surface area contributed by atoms with E-state index in [1.165, 1.54) is 16.4 Å². The van der Waals surface area contributed by atoms with Crippen LogP contribution in [-0.4, -0.2) is 49.2 Å². The van der Waals surface area contributed by atoms with Gasteiger partial charge in [0.05, 0.1) is 27.6 Å². The number of thiazole rings is 1. The highest BCUT2D eigenvalue weighted by atomic mass is 32.2. The first-order valence-electron chi connectivity index (χ1n) is 10.7. The number of hydrogen-bond acceptors (Lipinski definition) is 6. The van der Waals surface area contributed by atoms with Crippen molar-refractivity contribution >= 4 is 38.9 Å². The normalized spacial score (nSPS) is 17.8. The number of hydrogen-bond donors (Lipinski definition) is 1. The number of nitrogens with one attached hydrogen (secondary N) is 1. The van der Waals surface area contributed by atoms with E-state index in [0.717, 1.165) is 15.6 Å². The second-order valence-electron chi connectivity index (χ2n) is 7.90. The summed E-state index contributed by atoms with van der Waals surface area (Å²) < 4.78 is 26.7. The van der Waals surface area contributed by atoms with Crippen molar-refractivity contribution in [3.05, 3.63) is 39.8 Å². The van der Waals surface area contributed by atoms with Gasteiger partial charge in [0.25, 0.3) is 0 Å². The largest absolute Gasteiger partial charge is 0.348 e. The zero-order valence-corrected chi connectivity index (χ0v) is 20.7. The molecule has 1 aromatic carbocycles. The van der Waals surface area contributed by atoms with E-state index in [9.17, 15) is 18.0 Å². The number of amides is 2. The Morgan fingerprint density at radius 1 is 1.25 bits per heavy atom. The van der Waals surface area contributed by atoms with Gasteiger partial charge in [0.1, 0.15) is 0 Å². The smallest absolute Gasteiger partial charge is 0.243 e. The van der Waals surface area contributed by atoms with Gasteiger partial charge in [-0.25, -0.2) is 13.4 Å². The van der Waals surface area contributed by atoms with Crippen LogP contribution in [0.4, 0.5) is 5.69 Å². The van der Waals surface area contributed by atoms with Crippen LogP contribution in [0.3, 0.4) is 0 Å². The molecule has 2 aromatic rings. The Morgan fingerprint density at radius 2 is 1.88 bits per heavy atom. The van der Waals surface area contributed by atoms with Crippen molar-refractivity contribution in [1.82, 2.24) is 14.6 Å². The quantitative estimate of drug-likeness (QED) is 0.629. The molecule has 2 unspecified atom stereocenters. The van der Waals surface area contributed by atoms with E-state index in [0.29, 0.717) is 18.8 Å². The molecule has 1 saturated heterocycles. The van der Waals surface area contributed by atoms with Crippen molar-refractivity contribution < 1.29 is 18.0 Å². The molecule has 0 aliphatic carbocycles. The third-order valence-electron chi connectivity index (χ3n) is 5.68. The molecule has 0 bridgehead atoms. The fraction of sp³-hybridized carbons (Fsp3) is 0.500. The SMILES string of the molecule is CCN(CC)S(=O)(=O)c1ccc(N2CC(C(=O)NC(C)c3sc(C)nc3C)CC2=O)cc1. The third-order valence-corrected chi connectivity index (χ3v) is 9.00. The van der Waals surface area contributed by atoms with Crippen LogP contribution in [0.2, 0.25) is 0 Å². The predicted octanol–water partition coefficient (Wildman–Crippen LogP) is 3.02. The van der Waals surface area contributed by atoms with Gasteiger partial charge in [-0.2, -0.15) is 4.31 Å². The third kappa shape index (κ3) is 4.87. The first-order chi connectivity index (χ1) is 15.1. The molecular formula is C22H30N4O4S2. The maximum absolute atomic E-state index is 12.8. The lowest BCUT2D eigenvalue weighted by atomic mass is 10.1. The summed E-state index contributed by atoms with van der Waals surface area (Å²) in [5.74, 6) is -0.778. The van der Waals surface area contributed by atoms with E-state index in [-0.39, 0.29) is 35.7 Å². The molecular weight excluding hydrogens is 448 g/mol. The van der Waals surface area contributed by atoms with Crippen molar-refractivity contribution in [2.24, 2.45) is 5.92 Å². The number of rotatable bonds is 8. The summed E-state index contributed by atoms with van der Waals surface area (Å²) in [4.78, 5) is 32.6. The van der Waals surface area contributed by atoms with E-state index in [1.807, 2.05) is 20.8 Å². The second-order valence-corrected chi connectivity index (χ2v) is 11.1. The van der Waals surface area contributed by atoms with Crippen LogP contribution >= 0.6 is 11.3 Å². The first kappa shape index (κ1) is 24.3. The Morgan fingerprint density at radius 3 is 2.41 bits per heavy atom. The minimum absolute atomic E-state index is 0.124. The van der Waals surface area contributed by atoms with Gasteiger partial charge in [-0.1, -0.05) is 13.8 Å². The van der Waals surface area contributed by atoms with E-state index in [4.69, 9.17) is 0 Å². The molecule has 10 heteroatoms. The minimum Gasteiger partial charge on any atom is -0.348 e. The Hall–Kier alpha value is -2.30. The number of aryl methyl sites for hydroxylation is 2. The number of carbonyl (C=O) groups is 2. The van der Waals surface area contributed by atoms with Crippen LogP contribution in [0.1, 0.15) is 48.8 Å². The van der Waals surface area contributed by atoms with Gasteiger partial charge in [-0.05, 0) is 45.0 Å². The molecule has 2 amide bonds. The molecule has 1 aliphatic heterocycles. The number of anilines is 1. The second kappa shape index (κ2) is 9.68. The average Bonchev–Trinajstić information content (AvgIpc) is 3.30. The van der Waals surface area contributed by atoms with Crippen molar-refractivity contribution in [3.63, 3.8) is 0 Å². The zero-order valence-electron chi connectivity index (χ0n) is 19.1.